The normalized spacial score (nSPS) is 21.5. The van der Waals surface area contributed by atoms with Crippen LogP contribution in [0.2, 0.25) is 0 Å². The van der Waals surface area contributed by atoms with E-state index in [2.05, 4.69) is 10.2 Å². The van der Waals surface area contributed by atoms with E-state index in [1.54, 1.807) is 0 Å². The van der Waals surface area contributed by atoms with E-state index in [0.29, 0.717) is 11.1 Å². The summed E-state index contributed by atoms with van der Waals surface area (Å²) in [7, 11) is 0. The summed E-state index contributed by atoms with van der Waals surface area (Å²) in [6, 6.07) is 4.08. The number of carboxylic acid groups (broad SMARTS) is 1. The molecule has 1 aromatic heterocycles. The molecule has 0 bridgehead atoms. The molecule has 0 aliphatic carbocycles. The summed E-state index contributed by atoms with van der Waals surface area (Å²) in [6.45, 7) is 0. The van der Waals surface area contributed by atoms with Crippen molar-refractivity contribution in [3.05, 3.63) is 29.5 Å². The number of amides is 1. The third-order valence-electron chi connectivity index (χ3n) is 4.28. The number of nitrogens with two attached hydrogens (primary N) is 1. The fraction of sp³-hybridized carbons (Fsp3) is 0.250. The maximum atomic E-state index is 11.8. The second-order valence-corrected chi connectivity index (χ2v) is 8.27. The standard InChI is InChI=1S/C16H14N4O6S2/c17-13-7(12(15(24)25)20-10(23)4-11(20)28-13)5-27-16-19-18-14(26-16)6-1-2-8(21)9(22)3-6/h1-3,11,13,21-22H,4-5,17H2,(H,24,25)/t11-,13?/m1/s1. The van der Waals surface area contributed by atoms with Crippen molar-refractivity contribution in [2.45, 2.75) is 22.4 Å². The summed E-state index contributed by atoms with van der Waals surface area (Å²) in [6.07, 6.45) is 0.280. The van der Waals surface area contributed by atoms with Crippen LogP contribution in [0.3, 0.4) is 0 Å². The van der Waals surface area contributed by atoms with Gasteiger partial charge in [-0.15, -0.1) is 22.0 Å². The number of rotatable bonds is 5. The van der Waals surface area contributed by atoms with Gasteiger partial charge in [0.2, 0.25) is 11.8 Å². The number of benzene rings is 1. The maximum Gasteiger partial charge on any atom is 0.352 e. The number of carbonyl (C=O) groups excluding carboxylic acids is 1. The van der Waals surface area contributed by atoms with Gasteiger partial charge in [-0.1, -0.05) is 11.8 Å². The third-order valence-corrected chi connectivity index (χ3v) is 6.42. The van der Waals surface area contributed by atoms with Crippen LogP contribution < -0.4 is 5.73 Å². The van der Waals surface area contributed by atoms with Crippen molar-refractivity contribution in [2.24, 2.45) is 5.73 Å². The average molecular weight is 422 g/mol. The first-order valence-electron chi connectivity index (χ1n) is 8.03. The van der Waals surface area contributed by atoms with E-state index in [-0.39, 0.29) is 51.8 Å². The molecule has 0 saturated carbocycles. The van der Waals surface area contributed by atoms with E-state index in [9.17, 15) is 24.9 Å². The predicted octanol–water partition coefficient (Wildman–Crippen LogP) is 1.17. The number of hydrogen-bond acceptors (Lipinski definition) is 10. The number of aliphatic carboxylic acids is 1. The summed E-state index contributed by atoms with van der Waals surface area (Å²) in [5, 5.41) is 35.6. The van der Waals surface area contributed by atoms with Gasteiger partial charge in [0, 0.05) is 11.3 Å². The largest absolute Gasteiger partial charge is 0.504 e. The van der Waals surface area contributed by atoms with Gasteiger partial charge in [0.05, 0.1) is 17.2 Å². The highest BCUT2D eigenvalue weighted by Gasteiger charge is 2.47. The zero-order valence-corrected chi connectivity index (χ0v) is 15.7. The molecule has 28 heavy (non-hydrogen) atoms. The second-order valence-electron chi connectivity index (χ2n) is 6.02. The van der Waals surface area contributed by atoms with Crippen molar-refractivity contribution in [1.29, 1.82) is 0 Å². The minimum atomic E-state index is -1.20. The molecule has 0 radical (unpaired) electrons. The number of phenols is 2. The average Bonchev–Trinajstić information content (AvgIpc) is 3.11. The summed E-state index contributed by atoms with van der Waals surface area (Å²) in [4.78, 5) is 24.8. The molecule has 1 unspecified atom stereocenters. The van der Waals surface area contributed by atoms with E-state index in [0.717, 1.165) is 11.8 Å². The number of aromatic hydroxyl groups is 2. The molecule has 0 spiro atoms. The first-order valence-corrected chi connectivity index (χ1v) is 9.96. The summed E-state index contributed by atoms with van der Waals surface area (Å²) < 4.78 is 5.52. The third kappa shape index (κ3) is 3.19. The van der Waals surface area contributed by atoms with Gasteiger partial charge >= 0.3 is 5.97 Å². The number of thioether (sulfide) groups is 2. The molecule has 1 aromatic carbocycles. The lowest BCUT2D eigenvalue weighted by molar-refractivity contribution is -0.146. The molecule has 2 aliphatic rings. The van der Waals surface area contributed by atoms with Crippen molar-refractivity contribution in [2.75, 3.05) is 5.75 Å². The van der Waals surface area contributed by atoms with Crippen molar-refractivity contribution >= 4 is 35.4 Å². The maximum absolute atomic E-state index is 11.8. The molecule has 2 aliphatic heterocycles. The Hall–Kier alpha value is -2.70. The van der Waals surface area contributed by atoms with E-state index in [1.807, 2.05) is 0 Å². The summed E-state index contributed by atoms with van der Waals surface area (Å²) in [5.74, 6) is -1.74. The fourth-order valence-corrected chi connectivity index (χ4v) is 5.10. The molecular formula is C16H14N4O6S2. The lowest BCUT2D eigenvalue weighted by atomic mass is 10.1. The number of β-lactam (4-membered cyclic amide) rings is 1. The summed E-state index contributed by atoms with van der Waals surface area (Å²) >= 11 is 2.44. The topological polar surface area (TPSA) is 163 Å². The van der Waals surface area contributed by atoms with Gasteiger partial charge < -0.3 is 25.5 Å². The molecular weight excluding hydrogens is 408 g/mol. The number of carbonyl (C=O) groups is 2. The molecule has 5 N–H and O–H groups in total. The van der Waals surface area contributed by atoms with Crippen LogP contribution in [0.1, 0.15) is 6.42 Å². The minimum Gasteiger partial charge on any atom is -0.504 e. The van der Waals surface area contributed by atoms with Crippen LogP contribution >= 0.6 is 23.5 Å². The lowest BCUT2D eigenvalue weighted by Crippen LogP contribution is -2.56. The monoisotopic (exact) mass is 422 g/mol. The second kappa shape index (κ2) is 7.04. The minimum absolute atomic E-state index is 0.0804. The van der Waals surface area contributed by atoms with Crippen LogP contribution in [0.25, 0.3) is 11.5 Å². The van der Waals surface area contributed by atoms with Crippen LogP contribution in [0, 0.1) is 0 Å². The quantitative estimate of drug-likeness (QED) is 0.311. The van der Waals surface area contributed by atoms with Gasteiger partial charge in [-0.05, 0) is 23.8 Å². The van der Waals surface area contributed by atoms with Gasteiger partial charge in [-0.3, -0.25) is 9.69 Å². The molecule has 4 rings (SSSR count). The van der Waals surface area contributed by atoms with Crippen LogP contribution in [0.15, 0.2) is 39.1 Å². The molecule has 1 amide bonds. The Morgan fingerprint density at radius 1 is 1.36 bits per heavy atom. The SMILES string of the molecule is NC1S[C@@H]2CC(=O)N2C(C(=O)O)=C1CSc1nnc(-c2ccc(O)c(O)c2)o1. The number of carboxylic acids is 1. The van der Waals surface area contributed by atoms with Gasteiger partial charge in [0.15, 0.2) is 11.5 Å². The highest BCUT2D eigenvalue weighted by Crippen LogP contribution is 2.43. The first-order chi connectivity index (χ1) is 13.3. The van der Waals surface area contributed by atoms with Crippen LogP contribution in [-0.4, -0.2) is 58.8 Å². The molecule has 1 saturated heterocycles. The molecule has 2 aromatic rings. The highest BCUT2D eigenvalue weighted by molar-refractivity contribution is 8.01. The van der Waals surface area contributed by atoms with E-state index < -0.39 is 11.3 Å². The molecule has 3 heterocycles. The Balaban J connectivity index is 1.54. The Labute approximate surface area is 166 Å². The van der Waals surface area contributed by atoms with Crippen molar-refractivity contribution in [1.82, 2.24) is 15.1 Å². The van der Waals surface area contributed by atoms with Gasteiger partial charge in [-0.25, -0.2) is 4.79 Å². The number of fused-ring (bicyclic) bond motifs is 1. The molecule has 1 fully saturated rings. The van der Waals surface area contributed by atoms with Gasteiger partial charge in [0.1, 0.15) is 5.70 Å². The molecule has 146 valence electrons. The highest BCUT2D eigenvalue weighted by atomic mass is 32.2. The number of aromatic nitrogens is 2. The Bertz CT molecular complexity index is 1010. The number of nitrogens with zero attached hydrogens (tertiary/aromatic N) is 3. The molecule has 10 nitrogen and oxygen atoms in total. The van der Waals surface area contributed by atoms with Gasteiger partial charge in [-0.2, -0.15) is 0 Å². The number of hydrogen-bond donors (Lipinski definition) is 4. The zero-order valence-electron chi connectivity index (χ0n) is 14.1. The first kappa shape index (κ1) is 18.7. The molecule has 12 heteroatoms. The van der Waals surface area contributed by atoms with E-state index >= 15 is 0 Å². The fourth-order valence-electron chi connectivity index (χ4n) is 2.88. The molecule has 2 atom stereocenters. The Morgan fingerprint density at radius 2 is 2.14 bits per heavy atom. The van der Waals surface area contributed by atoms with Crippen molar-refractivity contribution < 1.29 is 29.3 Å². The van der Waals surface area contributed by atoms with E-state index in [4.69, 9.17) is 10.2 Å². The number of phenolic OH excluding ortho intramolecular Hbond substituents is 2. The smallest absolute Gasteiger partial charge is 0.352 e. The van der Waals surface area contributed by atoms with E-state index in [1.165, 1.54) is 34.9 Å². The van der Waals surface area contributed by atoms with Gasteiger partial charge in [0.25, 0.3) is 5.22 Å². The van der Waals surface area contributed by atoms with Crippen LogP contribution in [0.4, 0.5) is 0 Å². The van der Waals surface area contributed by atoms with Crippen LogP contribution in [0.5, 0.6) is 11.5 Å². The Kier molecular flexibility index (Phi) is 4.69. The van der Waals surface area contributed by atoms with Crippen molar-refractivity contribution in [3.8, 4) is 23.0 Å². The van der Waals surface area contributed by atoms with Crippen molar-refractivity contribution in [3.63, 3.8) is 0 Å². The van der Waals surface area contributed by atoms with Crippen LogP contribution in [-0.2, 0) is 9.59 Å². The summed E-state index contributed by atoms with van der Waals surface area (Å²) in [5.41, 5.74) is 6.85. The zero-order chi connectivity index (χ0) is 20.0. The predicted molar refractivity (Wildman–Crippen MR) is 99.3 cm³/mol. The Morgan fingerprint density at radius 3 is 2.82 bits per heavy atom. The lowest BCUT2D eigenvalue weighted by Gasteiger charge is -2.45.